The predicted octanol–water partition coefficient (Wildman–Crippen LogP) is 1.54. The molecule has 1 saturated heterocycles. The number of likely N-dealkylation sites (tertiary alicyclic amines) is 1. The van der Waals surface area contributed by atoms with Crippen LogP contribution in [0.4, 0.5) is 0 Å². The van der Waals surface area contributed by atoms with Crippen LogP contribution in [0.15, 0.2) is 11.2 Å². The molecular formula is C12H18N4V. The van der Waals surface area contributed by atoms with Crippen LogP contribution in [0.1, 0.15) is 30.1 Å². The molecule has 0 saturated carbocycles. The first-order valence-electron chi connectivity index (χ1n) is 5.90. The Morgan fingerprint density at radius 3 is 2.65 bits per heavy atom. The minimum atomic E-state index is 0.590. The van der Waals surface area contributed by atoms with E-state index >= 15 is 0 Å². The van der Waals surface area contributed by atoms with Crippen LogP contribution in [0.3, 0.4) is 0 Å². The predicted molar refractivity (Wildman–Crippen MR) is 64.6 cm³/mol. The van der Waals surface area contributed by atoms with Crippen molar-refractivity contribution in [1.29, 1.82) is 0 Å². The normalized spacial score (nSPS) is 18.2. The summed E-state index contributed by atoms with van der Waals surface area (Å²) in [6.07, 6.45) is 2.39. The Hall–Kier alpha value is -0.706. The van der Waals surface area contributed by atoms with E-state index < -0.39 is 0 Å². The number of hydrogen-bond acceptors (Lipinski definition) is 3. The molecular weight excluding hydrogens is 251 g/mol. The summed E-state index contributed by atoms with van der Waals surface area (Å²) >= 11 is 2.47. The van der Waals surface area contributed by atoms with E-state index in [1.165, 1.54) is 18.5 Å². The molecule has 5 heteroatoms. The summed E-state index contributed by atoms with van der Waals surface area (Å²) < 4.78 is 2.62. The van der Waals surface area contributed by atoms with Crippen molar-refractivity contribution in [1.82, 2.24) is 14.6 Å². The maximum atomic E-state index is 4.64. The van der Waals surface area contributed by atoms with Crippen molar-refractivity contribution in [3.8, 4) is 0 Å². The monoisotopic (exact) mass is 269 g/mol. The standard InChI is InChI=1S/C12H18N4.V/c1-10-8-12(14-9-16(10)13-2)11-4-6-15(3)7-5-11;/h8,11H,2,4-7H2,1,3H3;. The Kier molecular flexibility index (Phi) is 3.97. The fraction of sp³-hybridized carbons (Fsp3) is 0.583. The number of nitrogens with zero attached hydrogens (tertiary/aromatic N) is 4. The van der Waals surface area contributed by atoms with Gasteiger partial charge in [0.2, 0.25) is 0 Å². The number of piperidine rings is 1. The number of aromatic nitrogens is 2. The number of rotatable bonds is 2. The Morgan fingerprint density at radius 2 is 2.12 bits per heavy atom. The quantitative estimate of drug-likeness (QED) is 0.763. The minimum absolute atomic E-state index is 0.590. The summed E-state index contributed by atoms with van der Waals surface area (Å²) in [6.45, 7) is 7.93. The zero-order chi connectivity index (χ0) is 12.4. The van der Waals surface area contributed by atoms with Gasteiger partial charge in [-0.05, 0) is 0 Å². The average Bonchev–Trinajstić information content (AvgIpc) is 2.29. The fourth-order valence-electron chi connectivity index (χ4n) is 2.32. The Balaban J connectivity index is 2.28. The molecule has 1 aromatic heterocycles. The zero-order valence-corrected chi connectivity index (χ0v) is 11.8. The van der Waals surface area contributed by atoms with Crippen LogP contribution in [-0.2, 0) is 17.0 Å². The summed E-state index contributed by atoms with van der Waals surface area (Å²) in [7, 11) is 2.18. The van der Waals surface area contributed by atoms with Gasteiger partial charge in [0, 0.05) is 0 Å². The van der Waals surface area contributed by atoms with Crippen molar-refractivity contribution in [3.05, 3.63) is 21.6 Å². The van der Waals surface area contributed by atoms with Crippen LogP contribution in [0, 0.1) is 11.1 Å². The van der Waals surface area contributed by atoms with Crippen molar-refractivity contribution < 1.29 is 17.0 Å². The van der Waals surface area contributed by atoms with Gasteiger partial charge in [0.25, 0.3) is 0 Å². The van der Waals surface area contributed by atoms with E-state index in [1.807, 2.05) is 6.92 Å². The molecule has 0 atom stereocenters. The van der Waals surface area contributed by atoms with Crippen molar-refractivity contribution in [2.75, 3.05) is 20.1 Å². The third-order valence-corrected chi connectivity index (χ3v) is 3.84. The molecule has 0 amide bonds. The molecule has 0 bridgehead atoms. The van der Waals surface area contributed by atoms with Crippen LogP contribution in [0.2, 0.25) is 0 Å². The first-order valence-corrected chi connectivity index (χ1v) is 6.59. The van der Waals surface area contributed by atoms with Gasteiger partial charge in [-0.25, -0.2) is 0 Å². The van der Waals surface area contributed by atoms with Crippen molar-refractivity contribution >= 4 is 6.72 Å². The molecule has 17 heavy (non-hydrogen) atoms. The molecule has 0 radical (unpaired) electrons. The van der Waals surface area contributed by atoms with Gasteiger partial charge in [-0.1, -0.05) is 0 Å². The molecule has 0 spiro atoms. The molecule has 0 unspecified atom stereocenters. The topological polar surface area (TPSA) is 33.4 Å². The van der Waals surface area contributed by atoms with E-state index in [-0.39, 0.29) is 0 Å². The van der Waals surface area contributed by atoms with Gasteiger partial charge in [0.05, 0.1) is 0 Å². The molecule has 2 rings (SSSR count). The Labute approximate surface area is 111 Å². The van der Waals surface area contributed by atoms with Gasteiger partial charge in [0.1, 0.15) is 0 Å². The van der Waals surface area contributed by atoms with E-state index in [0.29, 0.717) is 5.92 Å². The fourth-order valence-corrected chi connectivity index (χ4v) is 2.84. The second kappa shape index (κ2) is 5.29. The summed E-state index contributed by atoms with van der Waals surface area (Å²) in [5.74, 6) is 0.590. The SMILES string of the molecule is C=Nn1c(C)cc(C2CCN(C)CC2)n[c]1=[V]. The molecule has 1 fully saturated rings. The van der Waals surface area contributed by atoms with E-state index in [0.717, 1.165) is 22.9 Å². The summed E-state index contributed by atoms with van der Waals surface area (Å²) in [5, 5.41) is 3.95. The van der Waals surface area contributed by atoms with Crippen LogP contribution in [0.5, 0.6) is 0 Å². The van der Waals surface area contributed by atoms with Gasteiger partial charge in [-0.15, -0.1) is 0 Å². The summed E-state index contributed by atoms with van der Waals surface area (Å²) in [4.78, 5) is 7.01. The Morgan fingerprint density at radius 1 is 1.47 bits per heavy atom. The van der Waals surface area contributed by atoms with Crippen LogP contribution < -0.4 is 0 Å². The van der Waals surface area contributed by atoms with Crippen LogP contribution >= 0.6 is 0 Å². The van der Waals surface area contributed by atoms with Gasteiger partial charge in [-0.2, -0.15) is 0 Å². The van der Waals surface area contributed by atoms with Crippen LogP contribution in [0.25, 0.3) is 0 Å². The molecule has 0 aromatic carbocycles. The van der Waals surface area contributed by atoms with Gasteiger partial charge < -0.3 is 0 Å². The second-order valence-electron chi connectivity index (χ2n) is 4.65. The van der Waals surface area contributed by atoms with Gasteiger partial charge in [-0.3, -0.25) is 0 Å². The van der Waals surface area contributed by atoms with Gasteiger partial charge in [0.15, 0.2) is 0 Å². The maximum absolute atomic E-state index is 4.64. The van der Waals surface area contributed by atoms with E-state index in [1.54, 1.807) is 4.68 Å². The molecule has 0 aliphatic carbocycles. The van der Waals surface area contributed by atoms with Crippen LogP contribution in [-0.4, -0.2) is 41.4 Å². The zero-order valence-electron chi connectivity index (χ0n) is 10.4. The van der Waals surface area contributed by atoms with Crippen molar-refractivity contribution in [2.45, 2.75) is 25.7 Å². The molecule has 91 valence electrons. The van der Waals surface area contributed by atoms with Crippen molar-refractivity contribution in [2.24, 2.45) is 5.10 Å². The first-order chi connectivity index (χ1) is 8.11. The number of hydrogen-bond donors (Lipinski definition) is 0. The third kappa shape index (κ3) is 2.76. The van der Waals surface area contributed by atoms with E-state index in [2.05, 4.69) is 51.8 Å². The first kappa shape index (κ1) is 12.7. The molecule has 0 N–H and O–H groups in total. The van der Waals surface area contributed by atoms with Gasteiger partial charge >= 0.3 is 111 Å². The van der Waals surface area contributed by atoms with E-state index in [4.69, 9.17) is 0 Å². The molecule has 1 aliphatic heterocycles. The molecule has 2 heterocycles. The van der Waals surface area contributed by atoms with Crippen molar-refractivity contribution in [3.63, 3.8) is 0 Å². The number of aryl methyl sites for hydroxylation is 1. The average molecular weight is 269 g/mol. The summed E-state index contributed by atoms with van der Waals surface area (Å²) in [6, 6.07) is 2.14. The molecule has 1 aromatic rings. The Bertz CT molecular complexity index is 472. The molecule has 1 aliphatic rings. The second-order valence-corrected chi connectivity index (χ2v) is 5.28. The summed E-state index contributed by atoms with van der Waals surface area (Å²) in [5.41, 5.74) is 2.30. The van der Waals surface area contributed by atoms with E-state index in [9.17, 15) is 0 Å². The molecule has 4 nitrogen and oxygen atoms in total. The third-order valence-electron chi connectivity index (χ3n) is 3.39.